The van der Waals surface area contributed by atoms with E-state index < -0.39 is 11.7 Å². The Labute approximate surface area is 209 Å². The Kier molecular flexibility index (Phi) is 7.52. The van der Waals surface area contributed by atoms with E-state index in [9.17, 15) is 18.0 Å². The predicted octanol–water partition coefficient (Wildman–Crippen LogP) is 5.31. The summed E-state index contributed by atoms with van der Waals surface area (Å²) in [6.07, 6.45) is -2.02. The van der Waals surface area contributed by atoms with Crippen molar-refractivity contribution in [2.75, 3.05) is 6.61 Å². The third kappa shape index (κ3) is 5.64. The van der Waals surface area contributed by atoms with Gasteiger partial charge in [-0.05, 0) is 36.1 Å². The molecule has 36 heavy (non-hydrogen) atoms. The summed E-state index contributed by atoms with van der Waals surface area (Å²) in [6.45, 7) is 1.80. The molecule has 1 aromatic carbocycles. The predicted molar refractivity (Wildman–Crippen MR) is 125 cm³/mol. The van der Waals surface area contributed by atoms with Crippen LogP contribution in [0, 0.1) is 11.8 Å². The van der Waals surface area contributed by atoms with Crippen LogP contribution in [0.5, 0.6) is 0 Å². The van der Waals surface area contributed by atoms with Gasteiger partial charge in [-0.25, -0.2) is 9.97 Å². The van der Waals surface area contributed by atoms with Crippen LogP contribution in [0.15, 0.2) is 40.1 Å². The van der Waals surface area contributed by atoms with Crippen molar-refractivity contribution in [3.63, 3.8) is 0 Å². The Bertz CT molecular complexity index is 1390. The average Bonchev–Trinajstić information content (AvgIpc) is 3.49. The van der Waals surface area contributed by atoms with E-state index in [1.54, 1.807) is 13.0 Å². The molecule has 3 heterocycles. The molecule has 0 aliphatic carbocycles. The largest absolute Gasteiger partial charge is 0.416 e. The van der Waals surface area contributed by atoms with Gasteiger partial charge >= 0.3 is 6.18 Å². The third-order valence-corrected chi connectivity index (χ3v) is 5.90. The van der Waals surface area contributed by atoms with Gasteiger partial charge in [0.1, 0.15) is 34.2 Å². The van der Waals surface area contributed by atoms with Crippen molar-refractivity contribution in [2.24, 2.45) is 4.99 Å². The van der Waals surface area contributed by atoms with E-state index in [0.29, 0.717) is 41.3 Å². The highest BCUT2D eigenvalue weighted by atomic mass is 35.5. The maximum atomic E-state index is 13.0. The van der Waals surface area contributed by atoms with Gasteiger partial charge in [-0.3, -0.25) is 9.79 Å². The van der Waals surface area contributed by atoms with Crippen LogP contribution in [0.25, 0.3) is 0 Å². The minimum atomic E-state index is -4.43. The summed E-state index contributed by atoms with van der Waals surface area (Å²) in [7, 11) is 0. The summed E-state index contributed by atoms with van der Waals surface area (Å²) in [6, 6.07) is 5.06. The number of rotatable bonds is 7. The van der Waals surface area contributed by atoms with Crippen LogP contribution < -0.4 is 0 Å². The second kappa shape index (κ2) is 10.6. The number of carbonyl (C=O) groups is 1. The molecular formula is C25H20ClF3N4O3. The first-order valence-electron chi connectivity index (χ1n) is 11.1. The molecule has 7 nitrogen and oxygen atoms in total. The fourth-order valence-electron chi connectivity index (χ4n) is 3.62. The lowest BCUT2D eigenvalue weighted by atomic mass is 9.99. The number of unbranched alkanes of at least 4 members (excludes halogenated alkanes) is 1. The number of aliphatic hydroxyl groups excluding tert-OH is 1. The Balaban J connectivity index is 1.44. The van der Waals surface area contributed by atoms with Gasteiger partial charge in [0, 0.05) is 37.9 Å². The molecule has 0 saturated carbocycles. The fraction of sp³-hybridized carbons (Fsp3) is 0.320. The van der Waals surface area contributed by atoms with E-state index in [0.717, 1.165) is 12.1 Å². The molecule has 2 aromatic heterocycles. The molecule has 0 fully saturated rings. The number of fused-ring (bicyclic) bond motifs is 1. The molecule has 0 spiro atoms. The molecule has 0 unspecified atom stereocenters. The molecule has 186 valence electrons. The number of Topliss-reactive ketones (excluding diaryl/α,β-unsaturated/α-hetero) is 1. The molecule has 0 amide bonds. The van der Waals surface area contributed by atoms with E-state index in [1.807, 2.05) is 0 Å². The van der Waals surface area contributed by atoms with Crippen molar-refractivity contribution in [3.8, 4) is 11.8 Å². The maximum absolute atomic E-state index is 13.0. The first-order chi connectivity index (χ1) is 17.2. The molecule has 1 aliphatic heterocycles. The molecule has 3 aromatic rings. The van der Waals surface area contributed by atoms with E-state index >= 15 is 0 Å². The second-order valence-corrected chi connectivity index (χ2v) is 8.61. The summed E-state index contributed by atoms with van der Waals surface area (Å²) in [5.74, 6) is 5.32. The standard InChI is InChI=1S/C25H20ClF3N4O3/c1-14(9-21(35)24-23(26)18(30-13-31-24)5-3-2-4-8-34)22-12-20(33-36-22)19-11-15-10-16(25(27,28)29)6-7-17(15)32-19/h6-7,10,12-14,34H,2,4,8-9,11H2,1H3/t14-/m0/s1. The Morgan fingerprint density at radius 2 is 2.08 bits per heavy atom. The normalized spacial score (nSPS) is 13.6. The lowest BCUT2D eigenvalue weighted by Gasteiger charge is -2.07. The van der Waals surface area contributed by atoms with Crippen LogP contribution in [-0.2, 0) is 12.6 Å². The number of alkyl halides is 3. The first kappa shape index (κ1) is 25.5. The van der Waals surface area contributed by atoms with Gasteiger partial charge in [0.15, 0.2) is 5.78 Å². The van der Waals surface area contributed by atoms with Crippen LogP contribution in [-0.4, -0.2) is 38.3 Å². The third-order valence-electron chi connectivity index (χ3n) is 5.54. The number of hydrogen-bond acceptors (Lipinski definition) is 7. The Morgan fingerprint density at radius 1 is 1.28 bits per heavy atom. The van der Waals surface area contributed by atoms with Gasteiger partial charge < -0.3 is 9.63 Å². The zero-order chi connectivity index (χ0) is 25.9. The van der Waals surface area contributed by atoms with Gasteiger partial charge in [0.2, 0.25) is 0 Å². The first-order valence-corrected chi connectivity index (χ1v) is 11.4. The smallest absolute Gasteiger partial charge is 0.396 e. The zero-order valence-electron chi connectivity index (χ0n) is 19.1. The van der Waals surface area contributed by atoms with Crippen molar-refractivity contribution >= 4 is 28.8 Å². The van der Waals surface area contributed by atoms with Crippen LogP contribution >= 0.6 is 11.6 Å². The van der Waals surface area contributed by atoms with Crippen LogP contribution in [0.4, 0.5) is 18.9 Å². The number of ketones is 1. The average molecular weight is 517 g/mol. The quantitative estimate of drug-likeness (QED) is 0.259. The number of halogens is 4. The summed E-state index contributed by atoms with van der Waals surface area (Å²) in [5.41, 5.74) is 1.35. The molecule has 4 rings (SSSR count). The maximum Gasteiger partial charge on any atom is 0.416 e. The second-order valence-electron chi connectivity index (χ2n) is 8.23. The topological polar surface area (TPSA) is 101 Å². The van der Waals surface area contributed by atoms with E-state index in [4.69, 9.17) is 21.2 Å². The van der Waals surface area contributed by atoms with Crippen molar-refractivity contribution in [1.82, 2.24) is 15.1 Å². The van der Waals surface area contributed by atoms with Crippen LogP contribution in [0.2, 0.25) is 5.02 Å². The monoisotopic (exact) mass is 516 g/mol. The molecule has 0 saturated heterocycles. The minimum absolute atomic E-state index is 0.0182. The van der Waals surface area contributed by atoms with Crippen molar-refractivity contribution in [2.45, 2.75) is 44.7 Å². The number of carbonyl (C=O) groups excluding carboxylic acids is 1. The summed E-state index contributed by atoms with van der Waals surface area (Å²) >= 11 is 6.30. The molecule has 11 heteroatoms. The van der Waals surface area contributed by atoms with Crippen molar-refractivity contribution < 1.29 is 27.6 Å². The summed E-state index contributed by atoms with van der Waals surface area (Å²) < 4.78 is 44.4. The van der Waals surface area contributed by atoms with Crippen LogP contribution in [0.1, 0.15) is 70.9 Å². The zero-order valence-corrected chi connectivity index (χ0v) is 19.8. The molecule has 0 radical (unpaired) electrons. The number of nitrogens with zero attached hydrogens (tertiary/aromatic N) is 4. The highest BCUT2D eigenvalue weighted by Crippen LogP contribution is 2.36. The highest BCUT2D eigenvalue weighted by molar-refractivity contribution is 6.34. The number of aromatic nitrogens is 3. The lowest BCUT2D eigenvalue weighted by Crippen LogP contribution is -2.09. The molecule has 1 N–H and O–H groups in total. The van der Waals surface area contributed by atoms with Gasteiger partial charge in [0.05, 0.1) is 17.0 Å². The highest BCUT2D eigenvalue weighted by Gasteiger charge is 2.32. The van der Waals surface area contributed by atoms with Gasteiger partial charge in [-0.1, -0.05) is 29.6 Å². The summed E-state index contributed by atoms with van der Waals surface area (Å²) in [5, 5.41) is 12.9. The molecular weight excluding hydrogens is 497 g/mol. The summed E-state index contributed by atoms with van der Waals surface area (Å²) in [4.78, 5) is 25.3. The molecule has 1 atom stereocenters. The van der Waals surface area contributed by atoms with Gasteiger partial charge in [-0.2, -0.15) is 13.2 Å². The Morgan fingerprint density at radius 3 is 2.83 bits per heavy atom. The van der Waals surface area contributed by atoms with Crippen LogP contribution in [0.3, 0.4) is 0 Å². The van der Waals surface area contributed by atoms with Crippen molar-refractivity contribution in [3.05, 3.63) is 69.6 Å². The van der Waals surface area contributed by atoms with Gasteiger partial charge in [-0.15, -0.1) is 0 Å². The molecule has 1 aliphatic rings. The number of aliphatic imine (C=N–C) groups is 1. The Hall–Kier alpha value is -3.55. The van der Waals surface area contributed by atoms with E-state index in [2.05, 4.69) is 32.0 Å². The lowest BCUT2D eigenvalue weighted by molar-refractivity contribution is -0.137. The molecule has 0 bridgehead atoms. The minimum Gasteiger partial charge on any atom is -0.396 e. The SMILES string of the molecule is C[C@@H](CC(=O)c1ncnc(C#CCCCO)c1Cl)c1cc(C2=Nc3ccc(C(F)(F)F)cc3C2)no1. The number of benzene rings is 1. The fourth-order valence-corrected chi connectivity index (χ4v) is 3.87. The number of aliphatic hydroxyl groups is 1. The van der Waals surface area contributed by atoms with Crippen molar-refractivity contribution in [1.29, 1.82) is 0 Å². The van der Waals surface area contributed by atoms with Gasteiger partial charge in [0.25, 0.3) is 0 Å². The van der Waals surface area contributed by atoms with E-state index in [1.165, 1.54) is 12.4 Å². The van der Waals surface area contributed by atoms with E-state index in [-0.39, 0.29) is 47.6 Å². The number of hydrogen-bond donors (Lipinski definition) is 1.